The van der Waals surface area contributed by atoms with Gasteiger partial charge in [0.05, 0.1) is 0 Å². The van der Waals surface area contributed by atoms with Crippen LogP contribution in [0.5, 0.6) is 0 Å². The lowest BCUT2D eigenvalue weighted by Crippen LogP contribution is -2.46. The van der Waals surface area contributed by atoms with Crippen LogP contribution in [0.2, 0.25) is 0 Å². The summed E-state index contributed by atoms with van der Waals surface area (Å²) >= 11 is 0. The highest BCUT2D eigenvalue weighted by atomic mass is 16.4. The molecule has 0 aromatic rings. The van der Waals surface area contributed by atoms with E-state index >= 15 is 0 Å². The van der Waals surface area contributed by atoms with E-state index in [1.165, 1.54) is 9.80 Å². The fourth-order valence-corrected chi connectivity index (χ4v) is 1.61. The number of carbonyl (C=O) groups is 2. The van der Waals surface area contributed by atoms with Crippen LogP contribution in [-0.2, 0) is 4.79 Å². The highest BCUT2D eigenvalue weighted by molar-refractivity contribution is 5.81. The Morgan fingerprint density at radius 2 is 1.76 bits per heavy atom. The number of hydrogen-bond donors (Lipinski definition) is 1. The Balaban J connectivity index is 2.69. The Kier molecular flexibility index (Phi) is 4.75. The highest BCUT2D eigenvalue weighted by Crippen LogP contribution is 2.27. The van der Waals surface area contributed by atoms with Gasteiger partial charge in [-0.2, -0.15) is 0 Å². The quantitative estimate of drug-likeness (QED) is 0.681. The van der Waals surface area contributed by atoms with Crippen molar-refractivity contribution in [1.82, 2.24) is 9.80 Å². The Bertz CT molecular complexity index is 314. The fourth-order valence-electron chi connectivity index (χ4n) is 1.61. The van der Waals surface area contributed by atoms with Gasteiger partial charge in [0.1, 0.15) is 6.54 Å². The van der Waals surface area contributed by atoms with E-state index in [1.807, 2.05) is 0 Å². The van der Waals surface area contributed by atoms with E-state index in [2.05, 4.69) is 13.2 Å². The molecule has 1 saturated carbocycles. The molecule has 5 nitrogen and oxygen atoms in total. The molecule has 2 amide bonds. The van der Waals surface area contributed by atoms with Crippen LogP contribution in [0.4, 0.5) is 4.79 Å². The van der Waals surface area contributed by atoms with Crippen molar-refractivity contribution < 1.29 is 14.7 Å². The molecule has 0 unspecified atom stereocenters. The summed E-state index contributed by atoms with van der Waals surface area (Å²) in [6, 6.07) is -0.176. The summed E-state index contributed by atoms with van der Waals surface area (Å²) < 4.78 is 0. The predicted octanol–water partition coefficient (Wildman–Crippen LogP) is 1.33. The second kappa shape index (κ2) is 6.08. The van der Waals surface area contributed by atoms with E-state index in [0.29, 0.717) is 13.1 Å². The van der Waals surface area contributed by atoms with E-state index in [9.17, 15) is 9.59 Å². The van der Waals surface area contributed by atoms with Crippen molar-refractivity contribution in [2.24, 2.45) is 0 Å². The van der Waals surface area contributed by atoms with Gasteiger partial charge < -0.3 is 14.9 Å². The molecule has 0 heterocycles. The summed E-state index contributed by atoms with van der Waals surface area (Å²) in [4.78, 5) is 25.8. The standard InChI is InChI=1S/C12H18N2O3/c1-3-7-13(8-4-2)12(17)14(9-11(15)16)10-5-6-10/h3-4,10H,1-2,5-9H2,(H,15,16). The minimum absolute atomic E-state index is 0.0794. The first-order valence-electron chi connectivity index (χ1n) is 5.59. The van der Waals surface area contributed by atoms with Crippen molar-refractivity contribution in [3.8, 4) is 0 Å². The number of aliphatic carboxylic acids is 1. The zero-order chi connectivity index (χ0) is 12.8. The molecule has 17 heavy (non-hydrogen) atoms. The summed E-state index contributed by atoms with van der Waals surface area (Å²) in [6.07, 6.45) is 5.00. The number of carboxylic acid groups (broad SMARTS) is 1. The SMILES string of the molecule is C=CCN(CC=C)C(=O)N(CC(=O)O)C1CC1. The van der Waals surface area contributed by atoms with Crippen molar-refractivity contribution >= 4 is 12.0 Å². The Morgan fingerprint density at radius 1 is 1.24 bits per heavy atom. The van der Waals surface area contributed by atoms with E-state index in [1.54, 1.807) is 12.2 Å². The average molecular weight is 238 g/mol. The van der Waals surface area contributed by atoms with Gasteiger partial charge in [-0.25, -0.2) is 4.79 Å². The molecule has 0 spiro atoms. The lowest BCUT2D eigenvalue weighted by molar-refractivity contribution is -0.137. The molecule has 1 fully saturated rings. The number of urea groups is 1. The maximum atomic E-state index is 12.1. The van der Waals surface area contributed by atoms with Crippen LogP contribution >= 0.6 is 0 Å². The van der Waals surface area contributed by atoms with Gasteiger partial charge in [-0.15, -0.1) is 13.2 Å². The molecule has 1 aliphatic rings. The third kappa shape index (κ3) is 3.94. The van der Waals surface area contributed by atoms with E-state index in [-0.39, 0.29) is 18.6 Å². The Morgan fingerprint density at radius 3 is 2.12 bits per heavy atom. The molecule has 0 aromatic carbocycles. The van der Waals surface area contributed by atoms with Gasteiger partial charge in [-0.1, -0.05) is 12.2 Å². The van der Waals surface area contributed by atoms with Crippen molar-refractivity contribution in [2.75, 3.05) is 19.6 Å². The summed E-state index contributed by atoms with van der Waals surface area (Å²) in [7, 11) is 0. The summed E-state index contributed by atoms with van der Waals surface area (Å²) in [5, 5.41) is 8.80. The molecule has 0 atom stereocenters. The molecule has 0 radical (unpaired) electrons. The van der Waals surface area contributed by atoms with Crippen LogP contribution in [0.1, 0.15) is 12.8 Å². The summed E-state index contributed by atoms with van der Waals surface area (Å²) in [5.41, 5.74) is 0. The smallest absolute Gasteiger partial charge is 0.323 e. The fraction of sp³-hybridized carbons (Fsp3) is 0.500. The lowest BCUT2D eigenvalue weighted by Gasteiger charge is -2.28. The van der Waals surface area contributed by atoms with Crippen molar-refractivity contribution in [2.45, 2.75) is 18.9 Å². The number of rotatable bonds is 7. The first kappa shape index (κ1) is 13.3. The van der Waals surface area contributed by atoms with E-state index < -0.39 is 5.97 Å². The molecule has 5 heteroatoms. The van der Waals surface area contributed by atoms with Crippen LogP contribution in [-0.4, -0.2) is 52.6 Å². The molecular formula is C12H18N2O3. The van der Waals surface area contributed by atoms with Gasteiger partial charge in [0.15, 0.2) is 0 Å². The number of amides is 2. The first-order valence-corrected chi connectivity index (χ1v) is 5.59. The van der Waals surface area contributed by atoms with Gasteiger partial charge in [0, 0.05) is 19.1 Å². The van der Waals surface area contributed by atoms with Crippen molar-refractivity contribution in [3.05, 3.63) is 25.3 Å². The minimum Gasteiger partial charge on any atom is -0.480 e. The van der Waals surface area contributed by atoms with Crippen molar-refractivity contribution in [1.29, 1.82) is 0 Å². The van der Waals surface area contributed by atoms with E-state index in [4.69, 9.17) is 5.11 Å². The minimum atomic E-state index is -0.984. The number of nitrogens with zero attached hydrogens (tertiary/aromatic N) is 2. The summed E-state index contributed by atoms with van der Waals surface area (Å²) in [5.74, 6) is -0.984. The maximum Gasteiger partial charge on any atom is 0.323 e. The molecule has 1 rings (SSSR count). The van der Waals surface area contributed by atoms with Crippen LogP contribution in [0.3, 0.4) is 0 Å². The zero-order valence-electron chi connectivity index (χ0n) is 9.84. The van der Waals surface area contributed by atoms with Crippen molar-refractivity contribution in [3.63, 3.8) is 0 Å². The number of carbonyl (C=O) groups excluding carboxylic acids is 1. The van der Waals surface area contributed by atoms with Gasteiger partial charge in [-0.05, 0) is 12.8 Å². The number of hydrogen-bond acceptors (Lipinski definition) is 2. The predicted molar refractivity (Wildman–Crippen MR) is 64.7 cm³/mol. The molecule has 94 valence electrons. The van der Waals surface area contributed by atoms with Crippen LogP contribution in [0.25, 0.3) is 0 Å². The van der Waals surface area contributed by atoms with Crippen LogP contribution in [0.15, 0.2) is 25.3 Å². The highest BCUT2D eigenvalue weighted by Gasteiger charge is 2.35. The Hall–Kier alpha value is -1.78. The number of carboxylic acids is 1. The summed E-state index contributed by atoms with van der Waals surface area (Å²) in [6.45, 7) is 7.72. The van der Waals surface area contributed by atoms with Gasteiger partial charge in [-0.3, -0.25) is 4.79 Å². The topological polar surface area (TPSA) is 60.9 Å². The molecular weight excluding hydrogens is 220 g/mol. The molecule has 0 aliphatic heterocycles. The second-order valence-electron chi connectivity index (χ2n) is 4.02. The third-order valence-electron chi connectivity index (χ3n) is 2.51. The lowest BCUT2D eigenvalue weighted by atomic mass is 10.4. The van der Waals surface area contributed by atoms with Crippen LogP contribution in [0, 0.1) is 0 Å². The van der Waals surface area contributed by atoms with Gasteiger partial charge in [0.25, 0.3) is 0 Å². The van der Waals surface area contributed by atoms with E-state index in [0.717, 1.165) is 12.8 Å². The largest absolute Gasteiger partial charge is 0.480 e. The zero-order valence-corrected chi connectivity index (χ0v) is 9.84. The first-order chi connectivity index (χ1) is 8.10. The average Bonchev–Trinajstić information content (AvgIpc) is 3.08. The normalized spacial score (nSPS) is 13.9. The maximum absolute atomic E-state index is 12.1. The van der Waals surface area contributed by atoms with Gasteiger partial charge in [0.2, 0.25) is 0 Å². The Labute approximate surface area is 101 Å². The monoisotopic (exact) mass is 238 g/mol. The second-order valence-corrected chi connectivity index (χ2v) is 4.02. The molecule has 1 aliphatic carbocycles. The van der Waals surface area contributed by atoms with Gasteiger partial charge >= 0.3 is 12.0 Å². The molecule has 0 saturated heterocycles. The molecule has 0 bridgehead atoms. The molecule has 1 N–H and O–H groups in total. The molecule has 0 aromatic heterocycles. The third-order valence-corrected chi connectivity index (χ3v) is 2.51. The van der Waals surface area contributed by atoms with Crippen LogP contribution < -0.4 is 0 Å².